The van der Waals surface area contributed by atoms with E-state index >= 15 is 0 Å². The highest BCUT2D eigenvalue weighted by Gasteiger charge is 2.50. The minimum atomic E-state index is -0.999. The lowest BCUT2D eigenvalue weighted by atomic mass is 9.65. The number of hydrogen-bond donors (Lipinski definition) is 2. The number of aliphatic hydroxyl groups is 2. The van der Waals surface area contributed by atoms with Crippen molar-refractivity contribution >= 4 is 11.6 Å². The number of carbonyl (C=O) groups is 2. The molecule has 0 spiro atoms. The van der Waals surface area contributed by atoms with Crippen LogP contribution in [0.5, 0.6) is 0 Å². The van der Waals surface area contributed by atoms with Crippen molar-refractivity contribution in [1.29, 1.82) is 0 Å². The van der Waals surface area contributed by atoms with E-state index < -0.39 is 16.9 Å². The van der Waals surface area contributed by atoms with Crippen LogP contribution in [0.25, 0.3) is 0 Å². The zero-order chi connectivity index (χ0) is 10.7. The van der Waals surface area contributed by atoms with Crippen LogP contribution in [0.2, 0.25) is 0 Å². The molecule has 1 fully saturated rings. The molecule has 0 aromatic heterocycles. The summed E-state index contributed by atoms with van der Waals surface area (Å²) in [6, 6.07) is 0. The summed E-state index contributed by atoms with van der Waals surface area (Å²) in [5.41, 5.74) is -0.927. The molecule has 1 saturated carbocycles. The molecule has 2 N–H and O–H groups in total. The lowest BCUT2D eigenvalue weighted by Gasteiger charge is -2.36. The third kappa shape index (κ3) is 0.780. The highest BCUT2D eigenvalue weighted by Crippen LogP contribution is 2.45. The zero-order valence-electron chi connectivity index (χ0n) is 7.92. The third-order valence-corrected chi connectivity index (χ3v) is 2.83. The summed E-state index contributed by atoms with van der Waals surface area (Å²) in [7, 11) is 0. The summed E-state index contributed by atoms with van der Waals surface area (Å²) < 4.78 is 0. The highest BCUT2D eigenvalue weighted by molar-refractivity contribution is 6.20. The van der Waals surface area contributed by atoms with Gasteiger partial charge in [-0.1, -0.05) is 0 Å². The average Bonchev–Trinajstić information content (AvgIpc) is 2.07. The van der Waals surface area contributed by atoms with Gasteiger partial charge < -0.3 is 10.2 Å². The van der Waals surface area contributed by atoms with Crippen LogP contribution in [0.4, 0.5) is 0 Å². The molecule has 2 bridgehead atoms. The number of ketones is 2. The quantitative estimate of drug-likeness (QED) is 0.607. The normalized spacial score (nSPS) is 25.0. The molecule has 0 aliphatic heterocycles. The molecule has 4 nitrogen and oxygen atoms in total. The van der Waals surface area contributed by atoms with Crippen LogP contribution in [-0.2, 0) is 9.59 Å². The van der Waals surface area contributed by atoms with Gasteiger partial charge in [-0.05, 0) is 13.8 Å². The summed E-state index contributed by atoms with van der Waals surface area (Å²) in [6.45, 7) is 3.15. The Balaban J connectivity index is 2.75. The molecule has 14 heavy (non-hydrogen) atoms. The number of rotatable bonds is 0. The van der Waals surface area contributed by atoms with Crippen LogP contribution in [0, 0.1) is 5.41 Å². The van der Waals surface area contributed by atoms with Crippen LogP contribution in [0.3, 0.4) is 0 Å². The molecule has 0 atom stereocenters. The van der Waals surface area contributed by atoms with Gasteiger partial charge in [0.05, 0.1) is 11.0 Å². The van der Waals surface area contributed by atoms with E-state index in [1.54, 1.807) is 13.8 Å². The first kappa shape index (κ1) is 8.99. The first-order valence-corrected chi connectivity index (χ1v) is 4.31. The summed E-state index contributed by atoms with van der Waals surface area (Å²) in [5, 5.41) is 18.9. The second-order valence-electron chi connectivity index (χ2n) is 4.10. The van der Waals surface area contributed by atoms with Crippen molar-refractivity contribution in [2.75, 3.05) is 0 Å². The van der Waals surface area contributed by atoms with Gasteiger partial charge in [0, 0.05) is 12.0 Å². The first-order chi connectivity index (χ1) is 6.37. The van der Waals surface area contributed by atoms with Gasteiger partial charge in [0.15, 0.2) is 23.1 Å². The van der Waals surface area contributed by atoms with E-state index in [2.05, 4.69) is 0 Å². The molecular weight excluding hydrogens is 184 g/mol. The summed E-state index contributed by atoms with van der Waals surface area (Å²) in [6.07, 6.45) is -0.0898. The van der Waals surface area contributed by atoms with Gasteiger partial charge in [-0.3, -0.25) is 9.59 Å². The largest absolute Gasteiger partial charge is 0.504 e. The van der Waals surface area contributed by atoms with Gasteiger partial charge in [0.2, 0.25) is 0 Å². The smallest absolute Gasteiger partial charge is 0.173 e. The number of hydrogen-bond acceptors (Lipinski definition) is 4. The highest BCUT2D eigenvalue weighted by atomic mass is 16.3. The Bertz CT molecular complexity index is 423. The van der Waals surface area contributed by atoms with Crippen LogP contribution in [0.1, 0.15) is 20.3 Å². The second kappa shape index (κ2) is 2.26. The van der Waals surface area contributed by atoms with E-state index in [0.717, 1.165) is 0 Å². The van der Waals surface area contributed by atoms with Crippen LogP contribution in [-0.4, -0.2) is 21.8 Å². The topological polar surface area (TPSA) is 74.6 Å². The van der Waals surface area contributed by atoms with Crippen molar-refractivity contribution in [3.8, 4) is 0 Å². The van der Waals surface area contributed by atoms with E-state index in [9.17, 15) is 19.8 Å². The van der Waals surface area contributed by atoms with Crippen LogP contribution < -0.4 is 0 Å². The summed E-state index contributed by atoms with van der Waals surface area (Å²) in [5.74, 6) is -1.41. The summed E-state index contributed by atoms with van der Waals surface area (Å²) in [4.78, 5) is 23.2. The summed E-state index contributed by atoms with van der Waals surface area (Å²) >= 11 is 0. The van der Waals surface area contributed by atoms with Crippen molar-refractivity contribution in [3.05, 3.63) is 22.7 Å². The maximum atomic E-state index is 11.7. The zero-order valence-corrected chi connectivity index (χ0v) is 7.92. The molecule has 74 valence electrons. The minimum absolute atomic E-state index is 0.0347. The fourth-order valence-electron chi connectivity index (χ4n) is 2.05. The fourth-order valence-corrected chi connectivity index (χ4v) is 2.05. The number of fused-ring (bicyclic) bond motifs is 3. The van der Waals surface area contributed by atoms with Gasteiger partial charge in [-0.2, -0.15) is 0 Å². The molecule has 0 heterocycles. The van der Waals surface area contributed by atoms with Crippen molar-refractivity contribution in [1.82, 2.24) is 0 Å². The Morgan fingerprint density at radius 3 is 2.21 bits per heavy atom. The molecule has 0 unspecified atom stereocenters. The minimum Gasteiger partial charge on any atom is -0.504 e. The van der Waals surface area contributed by atoms with Gasteiger partial charge in [-0.25, -0.2) is 0 Å². The van der Waals surface area contributed by atoms with Crippen molar-refractivity contribution in [3.63, 3.8) is 0 Å². The van der Waals surface area contributed by atoms with Gasteiger partial charge in [0.25, 0.3) is 0 Å². The predicted molar refractivity (Wildman–Crippen MR) is 47.7 cm³/mol. The Labute approximate surface area is 80.5 Å². The Morgan fingerprint density at radius 1 is 1.14 bits per heavy atom. The molecule has 0 saturated heterocycles. The maximum absolute atomic E-state index is 11.7. The fraction of sp³-hybridized carbons (Fsp3) is 0.400. The van der Waals surface area contributed by atoms with Gasteiger partial charge in [-0.15, -0.1) is 0 Å². The molecule has 3 aliphatic rings. The first-order valence-electron chi connectivity index (χ1n) is 4.31. The molecule has 0 aromatic carbocycles. The number of aliphatic hydroxyl groups excluding tert-OH is 2. The standard InChI is InChI=1S/C10H10O4/c1-10(2)6-5(11)3-4(9(10)14)7(12)8(6)13/h12-13H,3H2,1-2H3. The Morgan fingerprint density at radius 2 is 1.71 bits per heavy atom. The van der Waals surface area contributed by atoms with Gasteiger partial charge >= 0.3 is 0 Å². The van der Waals surface area contributed by atoms with Crippen molar-refractivity contribution in [2.24, 2.45) is 5.41 Å². The number of Topliss-reactive ketones (excluding diaryl/α,β-unsaturated/α-hetero) is 2. The van der Waals surface area contributed by atoms with E-state index in [1.807, 2.05) is 0 Å². The molecule has 0 amide bonds. The van der Waals surface area contributed by atoms with Crippen molar-refractivity contribution in [2.45, 2.75) is 20.3 Å². The number of allylic oxidation sites excluding steroid dienone is 2. The van der Waals surface area contributed by atoms with Crippen LogP contribution in [0.15, 0.2) is 22.7 Å². The van der Waals surface area contributed by atoms with E-state index in [1.165, 1.54) is 0 Å². The van der Waals surface area contributed by atoms with E-state index in [0.29, 0.717) is 0 Å². The Hall–Kier alpha value is -1.58. The van der Waals surface area contributed by atoms with Gasteiger partial charge in [0.1, 0.15) is 0 Å². The number of carbonyl (C=O) groups excluding carboxylic acids is 2. The second-order valence-corrected chi connectivity index (χ2v) is 4.10. The molecule has 3 rings (SSSR count). The SMILES string of the molecule is CC1(C)C(=O)C2=C(O)C(O)=C1C(=O)C2. The predicted octanol–water partition coefficient (Wildman–Crippen LogP) is 1.19. The van der Waals surface area contributed by atoms with Crippen molar-refractivity contribution < 1.29 is 19.8 Å². The monoisotopic (exact) mass is 194 g/mol. The maximum Gasteiger partial charge on any atom is 0.173 e. The van der Waals surface area contributed by atoms with Crippen LogP contribution >= 0.6 is 0 Å². The molecular formula is C10H10O4. The van der Waals surface area contributed by atoms with E-state index in [-0.39, 0.29) is 29.1 Å². The van der Waals surface area contributed by atoms with E-state index in [4.69, 9.17) is 0 Å². The molecule has 3 aliphatic carbocycles. The average molecular weight is 194 g/mol. The molecule has 0 aromatic rings. The molecule has 4 heteroatoms. The molecule has 0 radical (unpaired) electrons. The lowest BCUT2D eigenvalue weighted by Crippen LogP contribution is -2.42. The Kier molecular flexibility index (Phi) is 1.45. The third-order valence-electron chi connectivity index (χ3n) is 2.83. The lowest BCUT2D eigenvalue weighted by molar-refractivity contribution is -0.129.